The van der Waals surface area contributed by atoms with Crippen molar-refractivity contribution in [1.82, 2.24) is 15.0 Å². The van der Waals surface area contributed by atoms with Crippen LogP contribution in [0.15, 0.2) is 4.52 Å². The summed E-state index contributed by atoms with van der Waals surface area (Å²) in [6, 6.07) is 1.15. The third kappa shape index (κ3) is 3.04. The molecule has 1 saturated heterocycles. The second kappa shape index (κ2) is 5.60. The number of hydrogen-bond donors (Lipinski definition) is 1. The maximum atomic E-state index is 5.47. The Morgan fingerprint density at radius 1 is 1.53 bits per heavy atom. The van der Waals surface area contributed by atoms with Crippen LogP contribution < -0.4 is 5.73 Å². The first-order chi connectivity index (χ1) is 8.20. The molecule has 96 valence electrons. The summed E-state index contributed by atoms with van der Waals surface area (Å²) in [5.41, 5.74) is 5.47. The standard InChI is InChI=1S/C12H22N4O/c1-9(2)16-7-3-4-10(16)8-12-14-11(5-6-13)15-17-12/h9-10H,3-8,13H2,1-2H3. The Bertz CT molecular complexity index is 350. The molecule has 0 spiro atoms. The van der Waals surface area contributed by atoms with Crippen LogP contribution in [0.25, 0.3) is 0 Å². The minimum Gasteiger partial charge on any atom is -0.339 e. The topological polar surface area (TPSA) is 68.2 Å². The molecule has 1 aliphatic heterocycles. The molecule has 0 radical (unpaired) electrons. The summed E-state index contributed by atoms with van der Waals surface area (Å²) in [5, 5.41) is 3.93. The quantitative estimate of drug-likeness (QED) is 0.828. The van der Waals surface area contributed by atoms with Crippen LogP contribution in [0.5, 0.6) is 0 Å². The second-order valence-electron chi connectivity index (χ2n) is 4.97. The third-order valence-electron chi connectivity index (χ3n) is 3.37. The Balaban J connectivity index is 1.95. The molecule has 0 saturated carbocycles. The number of nitrogens with zero attached hydrogens (tertiary/aromatic N) is 3. The van der Waals surface area contributed by atoms with Crippen molar-refractivity contribution in [3.63, 3.8) is 0 Å². The van der Waals surface area contributed by atoms with E-state index in [1.807, 2.05) is 0 Å². The van der Waals surface area contributed by atoms with Gasteiger partial charge in [-0.05, 0) is 39.8 Å². The highest BCUT2D eigenvalue weighted by Gasteiger charge is 2.28. The van der Waals surface area contributed by atoms with Gasteiger partial charge in [-0.3, -0.25) is 4.90 Å². The van der Waals surface area contributed by atoms with Gasteiger partial charge in [-0.15, -0.1) is 0 Å². The molecule has 0 aromatic carbocycles. The zero-order chi connectivity index (χ0) is 12.3. The molecule has 2 rings (SSSR count). The van der Waals surface area contributed by atoms with Gasteiger partial charge >= 0.3 is 0 Å². The zero-order valence-corrected chi connectivity index (χ0v) is 10.7. The molecule has 0 bridgehead atoms. The summed E-state index contributed by atoms with van der Waals surface area (Å²) < 4.78 is 5.26. The van der Waals surface area contributed by atoms with Crippen LogP contribution in [0.2, 0.25) is 0 Å². The lowest BCUT2D eigenvalue weighted by molar-refractivity contribution is 0.192. The molecular formula is C12H22N4O. The first-order valence-electron chi connectivity index (χ1n) is 6.48. The van der Waals surface area contributed by atoms with E-state index in [0.29, 0.717) is 25.0 Å². The van der Waals surface area contributed by atoms with E-state index >= 15 is 0 Å². The minimum atomic E-state index is 0.557. The van der Waals surface area contributed by atoms with Gasteiger partial charge < -0.3 is 10.3 Å². The van der Waals surface area contributed by atoms with Gasteiger partial charge in [0.1, 0.15) is 0 Å². The van der Waals surface area contributed by atoms with E-state index in [4.69, 9.17) is 10.3 Å². The second-order valence-corrected chi connectivity index (χ2v) is 4.97. The molecule has 0 amide bonds. The summed E-state index contributed by atoms with van der Waals surface area (Å²) in [6.07, 6.45) is 4.07. The molecule has 1 fully saturated rings. The van der Waals surface area contributed by atoms with Crippen molar-refractivity contribution in [2.24, 2.45) is 5.73 Å². The summed E-state index contributed by atoms with van der Waals surface area (Å²) in [4.78, 5) is 6.89. The fourth-order valence-corrected chi connectivity index (χ4v) is 2.56. The van der Waals surface area contributed by atoms with Gasteiger partial charge in [0, 0.05) is 24.9 Å². The Morgan fingerprint density at radius 2 is 2.35 bits per heavy atom. The highest BCUT2D eigenvalue weighted by molar-refractivity contribution is 4.93. The predicted molar refractivity (Wildman–Crippen MR) is 65.6 cm³/mol. The maximum Gasteiger partial charge on any atom is 0.228 e. The molecule has 2 heterocycles. The lowest BCUT2D eigenvalue weighted by Gasteiger charge is -2.27. The van der Waals surface area contributed by atoms with Gasteiger partial charge in [-0.25, -0.2) is 0 Å². The average molecular weight is 238 g/mol. The summed E-state index contributed by atoms with van der Waals surface area (Å²) in [7, 11) is 0. The fraction of sp³-hybridized carbons (Fsp3) is 0.833. The van der Waals surface area contributed by atoms with E-state index in [9.17, 15) is 0 Å². The molecule has 2 N–H and O–H groups in total. The van der Waals surface area contributed by atoms with E-state index in [2.05, 4.69) is 28.9 Å². The van der Waals surface area contributed by atoms with E-state index in [1.54, 1.807) is 0 Å². The highest BCUT2D eigenvalue weighted by Crippen LogP contribution is 2.22. The van der Waals surface area contributed by atoms with Crippen molar-refractivity contribution in [2.75, 3.05) is 13.1 Å². The lowest BCUT2D eigenvalue weighted by Crippen LogP contribution is -2.36. The molecule has 5 heteroatoms. The Hall–Kier alpha value is -0.940. The number of rotatable bonds is 5. The van der Waals surface area contributed by atoms with E-state index in [0.717, 1.165) is 18.1 Å². The van der Waals surface area contributed by atoms with Crippen LogP contribution in [0.3, 0.4) is 0 Å². The maximum absolute atomic E-state index is 5.47. The van der Waals surface area contributed by atoms with Crippen LogP contribution in [-0.2, 0) is 12.8 Å². The lowest BCUT2D eigenvalue weighted by atomic mass is 10.1. The molecule has 17 heavy (non-hydrogen) atoms. The van der Waals surface area contributed by atoms with Crippen LogP contribution >= 0.6 is 0 Å². The molecule has 1 aromatic heterocycles. The molecule has 1 aromatic rings. The molecule has 1 aliphatic rings. The van der Waals surface area contributed by atoms with Crippen molar-refractivity contribution in [3.05, 3.63) is 11.7 Å². The summed E-state index contributed by atoms with van der Waals surface area (Å²) >= 11 is 0. The van der Waals surface area contributed by atoms with Gasteiger partial charge in [0.2, 0.25) is 5.89 Å². The average Bonchev–Trinajstić information content (AvgIpc) is 2.89. The molecule has 1 atom stereocenters. The predicted octanol–water partition coefficient (Wildman–Crippen LogP) is 0.986. The first-order valence-corrected chi connectivity index (χ1v) is 6.48. The van der Waals surface area contributed by atoms with Crippen molar-refractivity contribution in [1.29, 1.82) is 0 Å². The van der Waals surface area contributed by atoms with E-state index in [1.165, 1.54) is 19.4 Å². The highest BCUT2D eigenvalue weighted by atomic mass is 16.5. The van der Waals surface area contributed by atoms with Crippen LogP contribution in [0.4, 0.5) is 0 Å². The van der Waals surface area contributed by atoms with Crippen molar-refractivity contribution < 1.29 is 4.52 Å². The summed E-state index contributed by atoms with van der Waals surface area (Å²) in [6.45, 7) is 6.24. The monoisotopic (exact) mass is 238 g/mol. The van der Waals surface area contributed by atoms with Crippen molar-refractivity contribution in [2.45, 2.75) is 51.6 Å². The van der Waals surface area contributed by atoms with Gasteiger partial charge in [0.25, 0.3) is 0 Å². The van der Waals surface area contributed by atoms with E-state index in [-0.39, 0.29) is 0 Å². The molecular weight excluding hydrogens is 216 g/mol. The van der Waals surface area contributed by atoms with Gasteiger partial charge in [0.05, 0.1) is 0 Å². The fourth-order valence-electron chi connectivity index (χ4n) is 2.56. The normalized spacial score (nSPS) is 21.5. The number of hydrogen-bond acceptors (Lipinski definition) is 5. The molecule has 1 unspecified atom stereocenters. The smallest absolute Gasteiger partial charge is 0.228 e. The van der Waals surface area contributed by atoms with Crippen LogP contribution in [0, 0.1) is 0 Å². The van der Waals surface area contributed by atoms with Gasteiger partial charge in [0.15, 0.2) is 5.82 Å². The Morgan fingerprint density at radius 3 is 3.06 bits per heavy atom. The van der Waals surface area contributed by atoms with Gasteiger partial charge in [-0.1, -0.05) is 5.16 Å². The SMILES string of the molecule is CC(C)N1CCCC1Cc1nc(CCN)no1. The Labute approximate surface area is 102 Å². The molecule has 5 nitrogen and oxygen atoms in total. The zero-order valence-electron chi connectivity index (χ0n) is 10.7. The minimum absolute atomic E-state index is 0.557. The van der Waals surface area contributed by atoms with E-state index < -0.39 is 0 Å². The van der Waals surface area contributed by atoms with Gasteiger partial charge in [-0.2, -0.15) is 4.98 Å². The number of likely N-dealkylation sites (tertiary alicyclic amines) is 1. The third-order valence-corrected chi connectivity index (χ3v) is 3.37. The van der Waals surface area contributed by atoms with Crippen molar-refractivity contribution >= 4 is 0 Å². The first kappa shape index (κ1) is 12.5. The molecule has 0 aliphatic carbocycles. The van der Waals surface area contributed by atoms with Crippen LogP contribution in [0.1, 0.15) is 38.4 Å². The number of aromatic nitrogens is 2. The largest absolute Gasteiger partial charge is 0.339 e. The Kier molecular flexibility index (Phi) is 4.12. The van der Waals surface area contributed by atoms with Crippen LogP contribution in [-0.4, -0.2) is 40.2 Å². The van der Waals surface area contributed by atoms with Crippen molar-refractivity contribution in [3.8, 4) is 0 Å². The number of nitrogens with two attached hydrogens (primary N) is 1. The summed E-state index contributed by atoms with van der Waals surface area (Å²) in [5.74, 6) is 1.49.